The Morgan fingerprint density at radius 2 is 1.50 bits per heavy atom. The number of hydrogen-bond donors (Lipinski definition) is 0. The van der Waals surface area contributed by atoms with E-state index >= 15 is 0 Å². The minimum absolute atomic E-state index is 1.12. The van der Waals surface area contributed by atoms with Gasteiger partial charge in [0, 0.05) is 29.7 Å². The van der Waals surface area contributed by atoms with Crippen LogP contribution in [0, 0.1) is 6.92 Å². The molecule has 0 aliphatic heterocycles. The molecule has 0 atom stereocenters. The molecule has 2 aromatic carbocycles. The molecule has 0 nitrogen and oxygen atoms in total. The van der Waals surface area contributed by atoms with Crippen LogP contribution < -0.4 is 0 Å². The molecular formula is C21H14S3. The maximum absolute atomic E-state index is 2.42. The van der Waals surface area contributed by atoms with Crippen LogP contribution in [0.1, 0.15) is 22.9 Å². The van der Waals surface area contributed by atoms with Gasteiger partial charge in [-0.3, -0.25) is 0 Å². The lowest BCUT2D eigenvalue weighted by molar-refractivity contribution is 1.20. The van der Waals surface area contributed by atoms with E-state index in [2.05, 4.69) is 50.3 Å². The van der Waals surface area contributed by atoms with Gasteiger partial charge in [-0.15, -0.1) is 34.0 Å². The quantitative estimate of drug-likeness (QED) is 0.264. The fraction of sp³-hybridized carbons (Fsp3) is 0.143. The molecular weight excluding hydrogens is 348 g/mol. The van der Waals surface area contributed by atoms with Crippen molar-refractivity contribution in [3.8, 4) is 0 Å². The first kappa shape index (κ1) is 13.6. The second-order valence-corrected chi connectivity index (χ2v) is 10.2. The van der Waals surface area contributed by atoms with Crippen LogP contribution in [0.3, 0.4) is 0 Å². The molecule has 0 fully saturated rings. The first-order chi connectivity index (χ1) is 11.7. The van der Waals surface area contributed by atoms with E-state index in [1.807, 2.05) is 34.0 Å². The Morgan fingerprint density at radius 3 is 2.33 bits per heavy atom. The van der Waals surface area contributed by atoms with Crippen LogP contribution >= 0.6 is 34.0 Å². The highest BCUT2D eigenvalue weighted by molar-refractivity contribution is 7.36. The lowest BCUT2D eigenvalue weighted by atomic mass is 10.1. The summed E-state index contributed by atoms with van der Waals surface area (Å²) in [5, 5.41) is 4.28. The summed E-state index contributed by atoms with van der Waals surface area (Å²) in [6, 6.07) is 12.0. The number of allylic oxidation sites excluding steroid dienone is 1. The number of hydrogen-bond acceptors (Lipinski definition) is 3. The van der Waals surface area contributed by atoms with Crippen LogP contribution in [0.15, 0.2) is 35.9 Å². The van der Waals surface area contributed by atoms with Crippen molar-refractivity contribution in [3.05, 3.63) is 51.9 Å². The van der Waals surface area contributed by atoms with E-state index in [-0.39, 0.29) is 0 Å². The fourth-order valence-electron chi connectivity index (χ4n) is 3.93. The van der Waals surface area contributed by atoms with Gasteiger partial charge in [-0.2, -0.15) is 0 Å². The van der Waals surface area contributed by atoms with E-state index < -0.39 is 0 Å². The van der Waals surface area contributed by atoms with E-state index in [4.69, 9.17) is 0 Å². The average Bonchev–Trinajstić information content (AvgIpc) is 3.23. The Kier molecular flexibility index (Phi) is 2.54. The van der Waals surface area contributed by atoms with Crippen LogP contribution in [0.25, 0.3) is 45.7 Å². The van der Waals surface area contributed by atoms with Gasteiger partial charge in [0.15, 0.2) is 0 Å². The van der Waals surface area contributed by atoms with Crippen molar-refractivity contribution in [2.75, 3.05) is 0 Å². The van der Waals surface area contributed by atoms with Gasteiger partial charge >= 0.3 is 0 Å². The highest BCUT2D eigenvalue weighted by Crippen LogP contribution is 2.47. The van der Waals surface area contributed by atoms with Gasteiger partial charge in [-0.25, -0.2) is 0 Å². The molecule has 0 amide bonds. The van der Waals surface area contributed by atoms with Crippen molar-refractivity contribution in [1.29, 1.82) is 0 Å². The molecule has 116 valence electrons. The zero-order valence-electron chi connectivity index (χ0n) is 13.4. The number of benzene rings is 2. The molecule has 3 aromatic heterocycles. The third-order valence-electron chi connectivity index (χ3n) is 4.97. The molecule has 0 unspecified atom stereocenters. The molecule has 0 saturated carbocycles. The standard InChI is InChI=1S/C21H14S3/c1-10-3-12-6-15-18(8-13(12)4-10)23-21-16-7-14-5-11(2)22-17(14)9-19(16)24-20(15)21/h3,5-9H,4H2,1-2H3. The average molecular weight is 363 g/mol. The normalized spacial score (nSPS) is 14.3. The number of thiophene rings is 3. The zero-order valence-corrected chi connectivity index (χ0v) is 15.8. The number of fused-ring (bicyclic) bond motifs is 7. The highest BCUT2D eigenvalue weighted by atomic mass is 32.1. The molecule has 0 radical (unpaired) electrons. The van der Waals surface area contributed by atoms with Gasteiger partial charge < -0.3 is 0 Å². The van der Waals surface area contributed by atoms with Crippen LogP contribution in [0.2, 0.25) is 0 Å². The second kappa shape index (κ2) is 4.48. The molecule has 0 N–H and O–H groups in total. The molecule has 0 bridgehead atoms. The summed E-state index contributed by atoms with van der Waals surface area (Å²) in [5.41, 5.74) is 4.40. The molecule has 6 rings (SSSR count). The molecule has 5 aromatic rings. The Labute approximate surface area is 151 Å². The van der Waals surface area contributed by atoms with Gasteiger partial charge in [-0.1, -0.05) is 11.6 Å². The Bertz CT molecular complexity index is 1340. The van der Waals surface area contributed by atoms with E-state index in [1.165, 1.54) is 61.2 Å². The lowest BCUT2D eigenvalue weighted by Gasteiger charge is -1.99. The summed E-state index contributed by atoms with van der Waals surface area (Å²) in [7, 11) is 0. The molecule has 1 aliphatic rings. The van der Waals surface area contributed by atoms with E-state index in [9.17, 15) is 0 Å². The van der Waals surface area contributed by atoms with Gasteiger partial charge in [-0.05, 0) is 67.1 Å². The Balaban J connectivity index is 1.74. The smallest absolute Gasteiger partial charge is 0.0542 e. The van der Waals surface area contributed by atoms with Crippen molar-refractivity contribution in [1.82, 2.24) is 0 Å². The van der Waals surface area contributed by atoms with Gasteiger partial charge in [0.1, 0.15) is 0 Å². The Hall–Kier alpha value is -1.68. The van der Waals surface area contributed by atoms with E-state index in [0.29, 0.717) is 0 Å². The third-order valence-corrected chi connectivity index (χ3v) is 8.49. The van der Waals surface area contributed by atoms with Crippen molar-refractivity contribution in [2.24, 2.45) is 0 Å². The Morgan fingerprint density at radius 1 is 0.750 bits per heavy atom. The number of aryl methyl sites for hydroxylation is 1. The predicted molar refractivity (Wildman–Crippen MR) is 112 cm³/mol. The topological polar surface area (TPSA) is 0 Å². The minimum Gasteiger partial charge on any atom is -0.141 e. The van der Waals surface area contributed by atoms with Crippen molar-refractivity contribution in [2.45, 2.75) is 20.3 Å². The summed E-state index contributed by atoms with van der Waals surface area (Å²) in [6.45, 7) is 4.43. The van der Waals surface area contributed by atoms with Crippen LogP contribution in [0.4, 0.5) is 0 Å². The van der Waals surface area contributed by atoms with E-state index in [1.54, 1.807) is 0 Å². The van der Waals surface area contributed by atoms with Crippen molar-refractivity contribution >= 4 is 79.7 Å². The zero-order chi connectivity index (χ0) is 16.0. The predicted octanol–water partition coefficient (Wildman–Crippen LogP) is 7.75. The summed E-state index contributed by atoms with van der Waals surface area (Å²) in [6.07, 6.45) is 3.47. The largest absolute Gasteiger partial charge is 0.141 e. The fourth-order valence-corrected chi connectivity index (χ4v) is 7.66. The second-order valence-electron chi connectivity index (χ2n) is 6.82. The molecule has 0 spiro atoms. The molecule has 3 heteroatoms. The minimum atomic E-state index is 1.12. The van der Waals surface area contributed by atoms with Gasteiger partial charge in [0.25, 0.3) is 0 Å². The van der Waals surface area contributed by atoms with E-state index in [0.717, 1.165) is 6.42 Å². The van der Waals surface area contributed by atoms with Crippen molar-refractivity contribution in [3.63, 3.8) is 0 Å². The summed E-state index contributed by atoms with van der Waals surface area (Å²) < 4.78 is 7.24. The highest BCUT2D eigenvalue weighted by Gasteiger charge is 2.17. The molecule has 24 heavy (non-hydrogen) atoms. The third kappa shape index (κ3) is 1.72. The maximum atomic E-state index is 2.42. The first-order valence-corrected chi connectivity index (χ1v) is 10.6. The SMILES string of the molecule is CC1=Cc2cc3c(cc2C1)sc1c2cc4cc(C)sc4cc2sc31. The van der Waals surface area contributed by atoms with Crippen LogP contribution in [-0.2, 0) is 6.42 Å². The summed E-state index contributed by atoms with van der Waals surface area (Å²) in [4.78, 5) is 1.40. The van der Waals surface area contributed by atoms with Crippen LogP contribution in [0.5, 0.6) is 0 Å². The molecule has 1 aliphatic carbocycles. The number of rotatable bonds is 0. The van der Waals surface area contributed by atoms with Gasteiger partial charge in [0.05, 0.1) is 9.40 Å². The summed E-state index contributed by atoms with van der Waals surface area (Å²) >= 11 is 5.84. The van der Waals surface area contributed by atoms with Gasteiger partial charge in [0.2, 0.25) is 0 Å². The monoisotopic (exact) mass is 362 g/mol. The summed E-state index contributed by atoms with van der Waals surface area (Å²) in [5.74, 6) is 0. The maximum Gasteiger partial charge on any atom is 0.0542 e. The van der Waals surface area contributed by atoms with Crippen LogP contribution in [-0.4, -0.2) is 0 Å². The first-order valence-electron chi connectivity index (χ1n) is 8.15. The van der Waals surface area contributed by atoms with Crippen molar-refractivity contribution < 1.29 is 0 Å². The molecule has 3 heterocycles. The molecule has 0 saturated heterocycles. The lowest BCUT2D eigenvalue weighted by Crippen LogP contribution is -1.81.